The van der Waals surface area contributed by atoms with Crippen molar-refractivity contribution in [2.24, 2.45) is 5.92 Å². The van der Waals surface area contributed by atoms with E-state index < -0.39 is 17.8 Å². The Hall–Kier alpha value is -2.63. The zero-order chi connectivity index (χ0) is 16.8. The first-order chi connectivity index (χ1) is 11.0. The molecule has 0 bridgehead atoms. The second-order valence-corrected chi connectivity index (χ2v) is 5.47. The van der Waals surface area contributed by atoms with Crippen LogP contribution >= 0.6 is 0 Å². The predicted octanol–water partition coefficient (Wildman–Crippen LogP) is 2.49. The van der Waals surface area contributed by atoms with Crippen molar-refractivity contribution < 1.29 is 18.4 Å². The van der Waals surface area contributed by atoms with E-state index in [1.54, 1.807) is 32.0 Å². The maximum absolute atomic E-state index is 13.7. The van der Waals surface area contributed by atoms with Crippen molar-refractivity contribution in [1.82, 2.24) is 10.6 Å². The number of hydrogen-bond donors (Lipinski definition) is 2. The number of carbonyl (C=O) groups is 2. The van der Waals surface area contributed by atoms with Crippen molar-refractivity contribution >= 4 is 11.8 Å². The lowest BCUT2D eigenvalue weighted by Crippen LogP contribution is -2.49. The minimum absolute atomic E-state index is 0.0861. The molecule has 1 atom stereocenters. The summed E-state index contributed by atoms with van der Waals surface area (Å²) in [4.78, 5) is 24.4. The van der Waals surface area contributed by atoms with Gasteiger partial charge in [0.15, 0.2) is 0 Å². The van der Waals surface area contributed by atoms with Gasteiger partial charge in [-0.25, -0.2) is 4.39 Å². The third-order valence-electron chi connectivity index (χ3n) is 3.37. The average molecular weight is 318 g/mol. The first-order valence-corrected chi connectivity index (χ1v) is 7.34. The van der Waals surface area contributed by atoms with Crippen LogP contribution in [-0.4, -0.2) is 17.9 Å². The Balaban J connectivity index is 2.02. The molecule has 2 N–H and O–H groups in total. The number of nitrogens with one attached hydrogen (secondary N) is 2. The third kappa shape index (κ3) is 4.42. The smallest absolute Gasteiger partial charge is 0.254 e. The molecule has 2 rings (SSSR count). The molecule has 1 heterocycles. The Bertz CT molecular complexity index is 668. The van der Waals surface area contributed by atoms with E-state index in [0.717, 1.165) is 0 Å². The lowest BCUT2D eigenvalue weighted by molar-refractivity contribution is -0.124. The summed E-state index contributed by atoms with van der Waals surface area (Å²) >= 11 is 0. The second-order valence-electron chi connectivity index (χ2n) is 5.47. The highest BCUT2D eigenvalue weighted by atomic mass is 19.1. The number of benzene rings is 1. The zero-order valence-electron chi connectivity index (χ0n) is 13.0. The molecule has 2 amide bonds. The Morgan fingerprint density at radius 1 is 1.17 bits per heavy atom. The molecule has 1 aromatic carbocycles. The number of carbonyl (C=O) groups excluding carboxylic acids is 2. The minimum Gasteiger partial charge on any atom is -0.467 e. The molecule has 0 radical (unpaired) electrons. The summed E-state index contributed by atoms with van der Waals surface area (Å²) in [7, 11) is 0. The molecular weight excluding hydrogens is 299 g/mol. The summed E-state index contributed by atoms with van der Waals surface area (Å²) in [5, 5.41) is 5.28. The predicted molar refractivity (Wildman–Crippen MR) is 83.0 cm³/mol. The molecule has 2 aromatic rings. The Labute approximate surface area is 133 Å². The standard InChI is InChI=1S/C17H19FN2O3/c1-11(2)15(17(22)19-10-12-6-5-9-23-12)20-16(21)13-7-3-4-8-14(13)18/h3-9,11,15H,10H2,1-2H3,(H,19,22)(H,20,21)/t15-/m1/s1. The number of rotatable bonds is 6. The molecule has 0 aliphatic carbocycles. The molecule has 0 fully saturated rings. The largest absolute Gasteiger partial charge is 0.467 e. The first kappa shape index (κ1) is 16.7. The molecule has 0 spiro atoms. The topological polar surface area (TPSA) is 71.3 Å². The van der Waals surface area contributed by atoms with Crippen LogP contribution in [0.3, 0.4) is 0 Å². The van der Waals surface area contributed by atoms with Gasteiger partial charge in [0.25, 0.3) is 5.91 Å². The quantitative estimate of drug-likeness (QED) is 0.859. The van der Waals surface area contributed by atoms with Crippen LogP contribution < -0.4 is 10.6 Å². The van der Waals surface area contributed by atoms with Gasteiger partial charge in [0, 0.05) is 0 Å². The summed E-state index contributed by atoms with van der Waals surface area (Å²) in [6, 6.07) is 8.35. The number of amides is 2. The third-order valence-corrected chi connectivity index (χ3v) is 3.37. The molecule has 6 heteroatoms. The maximum Gasteiger partial charge on any atom is 0.254 e. The molecule has 5 nitrogen and oxygen atoms in total. The fraction of sp³-hybridized carbons (Fsp3) is 0.294. The van der Waals surface area contributed by atoms with Crippen molar-refractivity contribution in [3.63, 3.8) is 0 Å². The molecule has 1 aromatic heterocycles. The monoisotopic (exact) mass is 318 g/mol. The van der Waals surface area contributed by atoms with Gasteiger partial charge in [0.1, 0.15) is 17.6 Å². The summed E-state index contributed by atoms with van der Waals surface area (Å²) in [6.07, 6.45) is 1.52. The molecule has 0 aliphatic rings. The van der Waals surface area contributed by atoms with Crippen molar-refractivity contribution in [1.29, 1.82) is 0 Å². The Morgan fingerprint density at radius 3 is 2.52 bits per heavy atom. The van der Waals surface area contributed by atoms with Crippen LogP contribution in [0.15, 0.2) is 47.1 Å². The molecule has 0 saturated heterocycles. The highest BCUT2D eigenvalue weighted by Crippen LogP contribution is 2.09. The van der Waals surface area contributed by atoms with Crippen molar-refractivity contribution in [3.8, 4) is 0 Å². The fourth-order valence-corrected chi connectivity index (χ4v) is 2.10. The van der Waals surface area contributed by atoms with Crippen LogP contribution in [0.25, 0.3) is 0 Å². The second kappa shape index (κ2) is 7.58. The summed E-state index contributed by atoms with van der Waals surface area (Å²) in [5.41, 5.74) is -0.0861. The van der Waals surface area contributed by atoms with E-state index in [4.69, 9.17) is 4.42 Å². The van der Waals surface area contributed by atoms with Crippen LogP contribution in [0.4, 0.5) is 4.39 Å². The van der Waals surface area contributed by atoms with E-state index in [1.807, 2.05) is 0 Å². The first-order valence-electron chi connectivity index (χ1n) is 7.34. The van der Waals surface area contributed by atoms with E-state index >= 15 is 0 Å². The zero-order valence-corrected chi connectivity index (χ0v) is 13.0. The normalized spacial score (nSPS) is 12.0. The Kier molecular flexibility index (Phi) is 5.51. The number of halogens is 1. The molecule has 122 valence electrons. The van der Waals surface area contributed by atoms with Crippen LogP contribution in [0.5, 0.6) is 0 Å². The summed E-state index contributed by atoms with van der Waals surface area (Å²) < 4.78 is 18.8. The van der Waals surface area contributed by atoms with Crippen molar-refractivity contribution in [2.45, 2.75) is 26.4 Å². The highest BCUT2D eigenvalue weighted by Gasteiger charge is 2.25. The van der Waals surface area contributed by atoms with Gasteiger partial charge in [-0.15, -0.1) is 0 Å². The van der Waals surface area contributed by atoms with E-state index in [0.29, 0.717) is 5.76 Å². The SMILES string of the molecule is CC(C)[C@@H](NC(=O)c1ccccc1F)C(=O)NCc1ccco1. The van der Waals surface area contributed by atoms with E-state index in [2.05, 4.69) is 10.6 Å². The van der Waals surface area contributed by atoms with Crippen molar-refractivity contribution in [2.75, 3.05) is 0 Å². The van der Waals surface area contributed by atoms with E-state index in [9.17, 15) is 14.0 Å². The van der Waals surface area contributed by atoms with Gasteiger partial charge in [-0.05, 0) is 30.2 Å². The van der Waals surface area contributed by atoms with E-state index in [-0.39, 0.29) is 23.9 Å². The number of furan rings is 1. The van der Waals surface area contributed by atoms with Gasteiger partial charge < -0.3 is 15.1 Å². The molecular formula is C17H19FN2O3. The molecule has 0 aliphatic heterocycles. The minimum atomic E-state index is -0.767. The number of hydrogen-bond acceptors (Lipinski definition) is 3. The van der Waals surface area contributed by atoms with Gasteiger partial charge in [-0.1, -0.05) is 26.0 Å². The van der Waals surface area contributed by atoms with Crippen LogP contribution in [0, 0.1) is 11.7 Å². The van der Waals surface area contributed by atoms with Crippen LogP contribution in [0.2, 0.25) is 0 Å². The van der Waals surface area contributed by atoms with Crippen molar-refractivity contribution in [3.05, 3.63) is 59.8 Å². The van der Waals surface area contributed by atoms with Crippen LogP contribution in [0.1, 0.15) is 30.0 Å². The van der Waals surface area contributed by atoms with Gasteiger partial charge in [-0.2, -0.15) is 0 Å². The van der Waals surface area contributed by atoms with E-state index in [1.165, 1.54) is 24.5 Å². The van der Waals surface area contributed by atoms with Gasteiger partial charge in [0.2, 0.25) is 5.91 Å². The fourth-order valence-electron chi connectivity index (χ4n) is 2.10. The highest BCUT2D eigenvalue weighted by molar-refractivity contribution is 5.97. The summed E-state index contributed by atoms with van der Waals surface area (Å²) in [6.45, 7) is 3.84. The molecule has 0 saturated carbocycles. The molecule has 23 heavy (non-hydrogen) atoms. The average Bonchev–Trinajstić information content (AvgIpc) is 3.03. The van der Waals surface area contributed by atoms with Gasteiger partial charge >= 0.3 is 0 Å². The van der Waals surface area contributed by atoms with Gasteiger partial charge in [-0.3, -0.25) is 9.59 Å². The lowest BCUT2D eigenvalue weighted by Gasteiger charge is -2.21. The molecule has 0 unspecified atom stereocenters. The van der Waals surface area contributed by atoms with Gasteiger partial charge in [0.05, 0.1) is 18.4 Å². The summed E-state index contributed by atoms with van der Waals surface area (Å²) in [5.74, 6) is -1.12. The Morgan fingerprint density at radius 2 is 1.91 bits per heavy atom. The van der Waals surface area contributed by atoms with Crippen LogP contribution in [-0.2, 0) is 11.3 Å². The maximum atomic E-state index is 13.7. The lowest BCUT2D eigenvalue weighted by atomic mass is 10.0.